The van der Waals surface area contributed by atoms with E-state index in [-0.39, 0.29) is 175 Å². The topological polar surface area (TPSA) is 112 Å². The van der Waals surface area contributed by atoms with Gasteiger partial charge >= 0.3 is 0 Å². The van der Waals surface area contributed by atoms with Gasteiger partial charge < -0.3 is 18.9 Å². The number of halogens is 8. The molecule has 0 atom stereocenters. The zero-order valence-corrected chi connectivity index (χ0v) is 55.2. The Morgan fingerprint density at radius 3 is 0.711 bits per heavy atom. The van der Waals surface area contributed by atoms with Gasteiger partial charge in [-0.25, -0.2) is 9.80 Å². The van der Waals surface area contributed by atoms with E-state index in [0.717, 1.165) is 22.3 Å². The Morgan fingerprint density at radius 2 is 0.500 bits per heavy atom. The largest absolute Gasteiger partial charge is 0.455 e. The number of hydrogen-bond donors (Lipinski definition) is 0. The predicted octanol–water partition coefficient (Wildman–Crippen LogP) is 24.2. The molecule has 10 nitrogen and oxygen atoms in total. The quantitative estimate of drug-likeness (QED) is 0.0601. The van der Waals surface area contributed by atoms with Gasteiger partial charge in [0.05, 0.1) is 53.7 Å². The van der Waals surface area contributed by atoms with Gasteiger partial charge in [0.2, 0.25) is 0 Å². The Balaban J connectivity index is 1.30. The monoisotopic (exact) mass is 1350 g/mol. The maximum atomic E-state index is 16.3. The van der Waals surface area contributed by atoms with Crippen molar-refractivity contribution in [2.75, 3.05) is 9.80 Å². The number of anilines is 2. The third-order valence-electron chi connectivity index (χ3n) is 16.5. The van der Waals surface area contributed by atoms with E-state index in [1.165, 1.54) is 34.1 Å². The number of para-hydroxylation sites is 2. The lowest BCUT2D eigenvalue weighted by molar-refractivity contribution is 0.0877. The fraction of sp³-hybridized carbons (Fsp3) is 0.167. The van der Waals surface area contributed by atoms with E-state index >= 15 is 19.2 Å². The average Bonchev–Trinajstić information content (AvgIpc) is 0.676. The van der Waals surface area contributed by atoms with Crippen molar-refractivity contribution < 1.29 is 38.1 Å². The van der Waals surface area contributed by atoms with Crippen LogP contribution in [-0.2, 0) is 0 Å². The Labute approximate surface area is 557 Å². The Morgan fingerprint density at radius 1 is 0.278 bits per heavy atom. The first-order valence-corrected chi connectivity index (χ1v) is 31.8. The maximum absolute atomic E-state index is 16.3. The summed E-state index contributed by atoms with van der Waals surface area (Å²) in [7, 11) is 0. The highest BCUT2D eigenvalue weighted by Crippen LogP contribution is 2.60. The molecular formula is C72H50Cl8N2O8. The standard InChI is InChI=1S/C72H50Cl8N2O8/c1-31(2)39-11-9-12-40(32(3)4)67(39)81-69(83)43-27-55(87-51-23-35(73)15-19-47(51)77)61-63-57(89-53-25-37(75)17-21-49(53)79)29-45-60-46(72(86)82(71(45)85)68-41(33(5)6)13-10-14-42(68)34(7)8)30-58(90-54-26-38(76)18-22-50(54)80)64(66(60)63)62-56(28-44(70(81)84)59(43)65(61)62)88-52-24-36(74)16-20-48(52)78/h9-34H,1-8H3. The molecule has 2 aliphatic heterocycles. The summed E-state index contributed by atoms with van der Waals surface area (Å²) < 4.78 is 28.5. The van der Waals surface area contributed by atoms with Crippen LogP contribution in [0.15, 0.2) is 133 Å². The van der Waals surface area contributed by atoms with Crippen LogP contribution in [0.5, 0.6) is 46.0 Å². The number of rotatable bonds is 14. The molecule has 0 saturated carbocycles. The number of amides is 4. The van der Waals surface area contributed by atoms with Crippen LogP contribution in [-0.4, -0.2) is 23.6 Å². The van der Waals surface area contributed by atoms with Crippen molar-refractivity contribution in [2.24, 2.45) is 0 Å². The van der Waals surface area contributed by atoms with Gasteiger partial charge in [0.1, 0.15) is 46.0 Å². The summed E-state index contributed by atoms with van der Waals surface area (Å²) in [6.07, 6.45) is 0. The number of carbonyl (C=O) groups excluding carboxylic acids is 4. The smallest absolute Gasteiger partial charge is 0.266 e. The molecule has 0 unspecified atom stereocenters. The molecule has 18 heteroatoms. The van der Waals surface area contributed by atoms with Crippen LogP contribution in [0.1, 0.15) is 143 Å². The zero-order chi connectivity index (χ0) is 63.8. The molecule has 2 heterocycles. The van der Waals surface area contributed by atoms with Crippen LogP contribution in [0, 0.1) is 0 Å². The zero-order valence-electron chi connectivity index (χ0n) is 49.2. The average molecular weight is 1350 g/mol. The minimum Gasteiger partial charge on any atom is -0.455 e. The minimum absolute atomic E-state index is 0.0213. The van der Waals surface area contributed by atoms with Crippen LogP contribution in [0.2, 0.25) is 40.2 Å². The van der Waals surface area contributed by atoms with E-state index in [1.807, 2.05) is 91.8 Å². The molecular weight excluding hydrogens is 1300 g/mol. The summed E-state index contributed by atoms with van der Waals surface area (Å²) in [6.45, 7) is 16.0. The fourth-order valence-corrected chi connectivity index (χ4v) is 13.7. The van der Waals surface area contributed by atoms with Crippen molar-refractivity contribution in [1.82, 2.24) is 0 Å². The van der Waals surface area contributed by atoms with E-state index in [4.69, 9.17) is 112 Å². The first-order chi connectivity index (χ1) is 42.9. The van der Waals surface area contributed by atoms with Crippen LogP contribution in [0.3, 0.4) is 0 Å². The molecule has 0 radical (unpaired) electrons. The van der Waals surface area contributed by atoms with Crippen LogP contribution in [0.4, 0.5) is 11.4 Å². The number of benzene rings is 11. The lowest BCUT2D eigenvalue weighted by Gasteiger charge is -2.35. The molecule has 13 rings (SSSR count). The van der Waals surface area contributed by atoms with Gasteiger partial charge in [-0.05, 0) is 119 Å². The van der Waals surface area contributed by atoms with Gasteiger partial charge in [-0.3, -0.25) is 19.2 Å². The van der Waals surface area contributed by atoms with Crippen molar-refractivity contribution in [2.45, 2.75) is 79.1 Å². The van der Waals surface area contributed by atoms with E-state index < -0.39 is 23.6 Å². The summed E-state index contributed by atoms with van der Waals surface area (Å²) in [5.74, 6) is -3.21. The fourth-order valence-electron chi connectivity index (χ4n) is 12.5. The molecule has 0 bridgehead atoms. The summed E-state index contributed by atoms with van der Waals surface area (Å²) in [5, 5.41) is 2.96. The third-order valence-corrected chi connectivity index (χ3v) is 18.7. The number of ether oxygens (including phenoxy) is 4. The van der Waals surface area contributed by atoms with Crippen LogP contribution < -0.4 is 28.7 Å². The van der Waals surface area contributed by atoms with E-state index in [2.05, 4.69) is 0 Å². The summed E-state index contributed by atoms with van der Waals surface area (Å²) in [4.78, 5) is 67.7. The summed E-state index contributed by atoms with van der Waals surface area (Å²) >= 11 is 55.3. The van der Waals surface area contributed by atoms with Crippen molar-refractivity contribution >= 4 is 171 Å². The maximum Gasteiger partial charge on any atom is 0.266 e. The second-order valence-corrected chi connectivity index (χ2v) is 26.9. The second-order valence-electron chi connectivity index (χ2n) is 23.5. The molecule has 11 aromatic rings. The minimum atomic E-state index is -0.687. The molecule has 0 aromatic heterocycles. The molecule has 0 fully saturated rings. The molecule has 0 spiro atoms. The first-order valence-electron chi connectivity index (χ1n) is 28.8. The molecule has 4 amide bonds. The third kappa shape index (κ3) is 10.1. The number of nitrogens with zero attached hydrogens (tertiary/aromatic N) is 2. The first kappa shape index (κ1) is 61.4. The van der Waals surface area contributed by atoms with Gasteiger partial charge in [0, 0.05) is 87.4 Å². The summed E-state index contributed by atoms with van der Waals surface area (Å²) in [6, 6.07) is 36.4. The highest BCUT2D eigenvalue weighted by atomic mass is 35.5. The van der Waals surface area contributed by atoms with Gasteiger partial charge in [-0.15, -0.1) is 0 Å². The van der Waals surface area contributed by atoms with E-state index in [9.17, 15) is 0 Å². The van der Waals surface area contributed by atoms with Crippen molar-refractivity contribution in [3.8, 4) is 46.0 Å². The van der Waals surface area contributed by atoms with Crippen LogP contribution >= 0.6 is 92.8 Å². The molecule has 0 N–H and O–H groups in total. The molecule has 0 aliphatic carbocycles. The predicted molar refractivity (Wildman–Crippen MR) is 365 cm³/mol. The number of imide groups is 2. The molecule has 11 aromatic carbocycles. The normalized spacial score (nSPS) is 13.3. The van der Waals surface area contributed by atoms with Gasteiger partial charge in [-0.2, -0.15) is 0 Å². The number of hydrogen-bond acceptors (Lipinski definition) is 8. The van der Waals surface area contributed by atoms with Gasteiger partial charge in [-0.1, -0.05) is 185 Å². The highest BCUT2D eigenvalue weighted by molar-refractivity contribution is 6.49. The molecule has 452 valence electrons. The Kier molecular flexibility index (Phi) is 15.9. The van der Waals surface area contributed by atoms with E-state index in [1.54, 1.807) is 72.8 Å². The number of fused-ring (bicyclic) bond motifs is 2. The summed E-state index contributed by atoms with van der Waals surface area (Å²) in [5.41, 5.74) is 3.93. The molecule has 90 heavy (non-hydrogen) atoms. The van der Waals surface area contributed by atoms with Gasteiger partial charge in [0.25, 0.3) is 23.6 Å². The van der Waals surface area contributed by atoms with Gasteiger partial charge in [0.15, 0.2) is 0 Å². The lowest BCUT2D eigenvalue weighted by atomic mass is 9.80. The van der Waals surface area contributed by atoms with Crippen molar-refractivity contribution in [3.63, 3.8) is 0 Å². The lowest BCUT2D eigenvalue weighted by Crippen LogP contribution is -2.42. The second kappa shape index (κ2) is 23.3. The van der Waals surface area contributed by atoms with Crippen molar-refractivity contribution in [3.05, 3.63) is 218 Å². The van der Waals surface area contributed by atoms with Crippen molar-refractivity contribution in [1.29, 1.82) is 0 Å². The SMILES string of the molecule is CC(C)c1cccc(C(C)C)c1N1C(=O)c2cc(Oc3cc(Cl)ccc3Cl)c3c4c(Oc5cc(Cl)ccc5Cl)cc5c6c(cc(Oc7cc(Cl)ccc7Cl)c(c7c(Oc8cc(Cl)ccc8Cl)cc(c2c37)C1=O)c64)C(=O)N(c1c(C(C)C)cccc1C(C)C)C5=O. The van der Waals surface area contributed by atoms with Crippen LogP contribution in [0.25, 0.3) is 43.1 Å². The number of carbonyl (C=O) groups is 4. The Hall–Kier alpha value is -7.48. The highest BCUT2D eigenvalue weighted by Gasteiger charge is 2.44. The van der Waals surface area contributed by atoms with E-state index in [0.29, 0.717) is 11.4 Å². The Bertz CT molecular complexity index is 4370. The molecule has 0 saturated heterocycles. The molecule has 2 aliphatic rings.